The first-order valence-corrected chi connectivity index (χ1v) is 13.8. The molecule has 1 saturated heterocycles. The van der Waals surface area contributed by atoms with Crippen molar-refractivity contribution >= 4 is 23.4 Å². The molecule has 44 heavy (non-hydrogen) atoms. The molecule has 1 amide bonds. The van der Waals surface area contributed by atoms with Gasteiger partial charge in [0.05, 0.1) is 19.5 Å². The molecule has 0 unspecified atom stereocenters. The Kier molecular flexibility index (Phi) is 11.2. The van der Waals surface area contributed by atoms with Crippen LogP contribution in [0.3, 0.4) is 0 Å². The van der Waals surface area contributed by atoms with Gasteiger partial charge in [-0.3, -0.25) is 24.1 Å². The van der Waals surface area contributed by atoms with Gasteiger partial charge in [0.15, 0.2) is 23.2 Å². The summed E-state index contributed by atoms with van der Waals surface area (Å²) in [6.07, 6.45) is -1.03. The molecule has 12 heteroatoms. The number of rotatable bonds is 14. The zero-order chi connectivity index (χ0) is 31.6. The van der Waals surface area contributed by atoms with Crippen molar-refractivity contribution in [1.29, 1.82) is 0 Å². The molecule has 0 aromatic heterocycles. The Labute approximate surface area is 251 Å². The number of carbonyl (C=O) groups excluding carboxylic acids is 4. The fourth-order valence-electron chi connectivity index (χ4n) is 4.69. The summed E-state index contributed by atoms with van der Waals surface area (Å²) in [7, 11) is 0. The van der Waals surface area contributed by atoms with Crippen LogP contribution in [0.1, 0.15) is 24.0 Å². The van der Waals surface area contributed by atoms with E-state index in [0.717, 1.165) is 5.56 Å². The van der Waals surface area contributed by atoms with Gasteiger partial charge in [0, 0.05) is 38.0 Å². The maximum absolute atomic E-state index is 14.0. The van der Waals surface area contributed by atoms with Crippen molar-refractivity contribution in [3.05, 3.63) is 101 Å². The van der Waals surface area contributed by atoms with Crippen molar-refractivity contribution < 1.29 is 46.2 Å². The number of ether oxygens (including phenoxy) is 2. The number of Topliss-reactive ketones (excluding diaryl/α,β-unsaturated/α-hetero) is 2. The van der Waals surface area contributed by atoms with Gasteiger partial charge >= 0.3 is 5.97 Å². The minimum absolute atomic E-state index is 0.00417. The summed E-state index contributed by atoms with van der Waals surface area (Å²) < 4.78 is 65.2. The molecule has 0 radical (unpaired) electrons. The van der Waals surface area contributed by atoms with Crippen LogP contribution < -0.4 is 4.74 Å². The number of ketones is 2. The first-order valence-electron chi connectivity index (χ1n) is 13.8. The van der Waals surface area contributed by atoms with E-state index in [4.69, 9.17) is 9.47 Å². The fraction of sp³-hybridized carbons (Fsp3) is 0.312. The van der Waals surface area contributed by atoms with Crippen molar-refractivity contribution in [3.8, 4) is 5.75 Å². The van der Waals surface area contributed by atoms with E-state index in [1.165, 1.54) is 0 Å². The summed E-state index contributed by atoms with van der Waals surface area (Å²) >= 11 is 0. The van der Waals surface area contributed by atoms with Crippen LogP contribution >= 0.6 is 0 Å². The summed E-state index contributed by atoms with van der Waals surface area (Å²) in [5.41, 5.74) is 1.65. The number of amides is 1. The SMILES string of the molecule is O=C(C[C@@H](CC(=O)OCc1ccccc1)C(=O)COc1c(F)c(F)cc(F)c1F)CN1CCN(Cc2ccccc2)C(=O)C1. The van der Waals surface area contributed by atoms with Crippen molar-refractivity contribution in [3.63, 3.8) is 0 Å². The largest absolute Gasteiger partial charge is 0.480 e. The smallest absolute Gasteiger partial charge is 0.306 e. The summed E-state index contributed by atoms with van der Waals surface area (Å²) in [6.45, 7) is -0.175. The maximum Gasteiger partial charge on any atom is 0.306 e. The summed E-state index contributed by atoms with van der Waals surface area (Å²) in [5, 5.41) is 0. The number of nitrogens with zero attached hydrogens (tertiary/aromatic N) is 2. The van der Waals surface area contributed by atoms with Crippen molar-refractivity contribution in [1.82, 2.24) is 9.80 Å². The van der Waals surface area contributed by atoms with Gasteiger partial charge in [-0.1, -0.05) is 60.7 Å². The van der Waals surface area contributed by atoms with Crippen molar-refractivity contribution in [2.45, 2.75) is 26.0 Å². The monoisotopic (exact) mass is 614 g/mol. The average molecular weight is 615 g/mol. The molecule has 4 rings (SSSR count). The third kappa shape index (κ3) is 8.96. The second-order valence-electron chi connectivity index (χ2n) is 10.4. The molecule has 1 aliphatic rings. The topological polar surface area (TPSA) is 93.2 Å². The van der Waals surface area contributed by atoms with E-state index in [2.05, 4.69) is 0 Å². The van der Waals surface area contributed by atoms with E-state index in [1.807, 2.05) is 30.3 Å². The van der Waals surface area contributed by atoms with E-state index in [0.29, 0.717) is 25.2 Å². The Balaban J connectivity index is 1.37. The van der Waals surface area contributed by atoms with Crippen LogP contribution in [0.15, 0.2) is 66.7 Å². The molecule has 3 aromatic rings. The van der Waals surface area contributed by atoms with Gasteiger partial charge in [-0.05, 0) is 11.1 Å². The lowest BCUT2D eigenvalue weighted by atomic mass is 9.94. The number of hydrogen-bond donors (Lipinski definition) is 0. The molecule has 0 N–H and O–H groups in total. The third-order valence-electron chi connectivity index (χ3n) is 7.03. The standard InChI is InChI=1S/C32H30F4N2O6/c33-25-15-26(34)31(36)32(30(25)35)44-20-27(40)23(14-29(42)43-19-22-9-5-2-6-10-22)13-24(39)17-37-11-12-38(28(41)18-37)16-21-7-3-1-4-8-21/h1-10,15,23H,11-14,16-20H2/t23-/m0/s1. The number of esters is 1. The van der Waals surface area contributed by atoms with Gasteiger partial charge in [0.2, 0.25) is 17.5 Å². The van der Waals surface area contributed by atoms with Gasteiger partial charge in [0.1, 0.15) is 19.0 Å². The quantitative estimate of drug-likeness (QED) is 0.152. The van der Waals surface area contributed by atoms with E-state index in [1.54, 1.807) is 40.1 Å². The van der Waals surface area contributed by atoms with Crippen LogP contribution in [0, 0.1) is 29.2 Å². The van der Waals surface area contributed by atoms with Crippen LogP contribution in [0.5, 0.6) is 5.75 Å². The number of carbonyl (C=O) groups is 4. The predicted molar refractivity (Wildman–Crippen MR) is 149 cm³/mol. The number of hydrogen-bond acceptors (Lipinski definition) is 7. The first kappa shape index (κ1) is 32.3. The van der Waals surface area contributed by atoms with Gasteiger partial charge in [0.25, 0.3) is 0 Å². The Bertz CT molecular complexity index is 1460. The number of piperazine rings is 1. The Morgan fingerprint density at radius 2 is 1.43 bits per heavy atom. The molecule has 1 aliphatic heterocycles. The molecular weight excluding hydrogens is 584 g/mol. The second-order valence-corrected chi connectivity index (χ2v) is 10.4. The zero-order valence-electron chi connectivity index (χ0n) is 23.6. The number of halogens is 4. The molecule has 0 bridgehead atoms. The van der Waals surface area contributed by atoms with Crippen LogP contribution in [0.25, 0.3) is 0 Å². The maximum atomic E-state index is 14.0. The summed E-state index contributed by atoms with van der Waals surface area (Å²) in [4.78, 5) is 54.6. The lowest BCUT2D eigenvalue weighted by Gasteiger charge is -2.34. The Morgan fingerprint density at radius 1 is 0.818 bits per heavy atom. The van der Waals surface area contributed by atoms with E-state index in [9.17, 15) is 36.7 Å². The average Bonchev–Trinajstić information content (AvgIpc) is 3.01. The van der Waals surface area contributed by atoms with Gasteiger partial charge in [-0.15, -0.1) is 0 Å². The highest BCUT2D eigenvalue weighted by atomic mass is 19.2. The van der Waals surface area contributed by atoms with Crippen LogP contribution in [-0.2, 0) is 37.1 Å². The van der Waals surface area contributed by atoms with Gasteiger partial charge in [-0.25, -0.2) is 8.78 Å². The van der Waals surface area contributed by atoms with Gasteiger partial charge in [-0.2, -0.15) is 8.78 Å². The normalized spacial score (nSPS) is 14.3. The molecule has 1 heterocycles. The lowest BCUT2D eigenvalue weighted by molar-refractivity contribution is -0.148. The second kappa shape index (κ2) is 15.2. The molecular formula is C32H30F4N2O6. The van der Waals surface area contributed by atoms with Crippen LogP contribution in [0.4, 0.5) is 17.6 Å². The highest BCUT2D eigenvalue weighted by Gasteiger charge is 2.30. The molecule has 232 valence electrons. The first-order chi connectivity index (χ1) is 21.1. The van der Waals surface area contributed by atoms with Crippen molar-refractivity contribution in [2.75, 3.05) is 32.8 Å². The Morgan fingerprint density at radius 3 is 2.05 bits per heavy atom. The molecule has 0 aliphatic carbocycles. The molecule has 3 aromatic carbocycles. The Hall–Kier alpha value is -4.58. The minimum Gasteiger partial charge on any atom is -0.480 e. The van der Waals surface area contributed by atoms with Crippen LogP contribution in [-0.4, -0.2) is 66.0 Å². The molecule has 0 saturated carbocycles. The number of benzene rings is 3. The molecule has 8 nitrogen and oxygen atoms in total. The lowest BCUT2D eigenvalue weighted by Crippen LogP contribution is -2.51. The van der Waals surface area contributed by atoms with E-state index >= 15 is 0 Å². The predicted octanol–water partition coefficient (Wildman–Crippen LogP) is 4.24. The summed E-state index contributed by atoms with van der Waals surface area (Å²) in [5.74, 6) is -12.2. The van der Waals surface area contributed by atoms with E-state index in [-0.39, 0.29) is 31.7 Å². The molecule has 1 atom stereocenters. The fourth-order valence-corrected chi connectivity index (χ4v) is 4.69. The third-order valence-corrected chi connectivity index (χ3v) is 7.03. The van der Waals surface area contributed by atoms with E-state index < -0.39 is 71.9 Å². The highest BCUT2D eigenvalue weighted by molar-refractivity contribution is 5.92. The van der Waals surface area contributed by atoms with Crippen molar-refractivity contribution in [2.24, 2.45) is 5.92 Å². The zero-order valence-corrected chi connectivity index (χ0v) is 23.6. The molecule has 1 fully saturated rings. The highest BCUT2D eigenvalue weighted by Crippen LogP contribution is 2.27. The van der Waals surface area contributed by atoms with Gasteiger partial charge < -0.3 is 14.4 Å². The van der Waals surface area contributed by atoms with Crippen LogP contribution in [0.2, 0.25) is 0 Å². The summed E-state index contributed by atoms with van der Waals surface area (Å²) in [6, 6.07) is 18.1. The minimum atomic E-state index is -1.83. The molecule has 0 spiro atoms.